The number of hydrogen-bond acceptors (Lipinski definition) is 7. The summed E-state index contributed by atoms with van der Waals surface area (Å²) in [6, 6.07) is 5.73. The predicted molar refractivity (Wildman–Crippen MR) is 121 cm³/mol. The van der Waals surface area contributed by atoms with Gasteiger partial charge in [0, 0.05) is 31.4 Å². The number of benzene rings is 1. The van der Waals surface area contributed by atoms with Gasteiger partial charge in [-0.25, -0.2) is 4.79 Å². The Morgan fingerprint density at radius 3 is 2.50 bits per heavy atom. The molecule has 32 heavy (non-hydrogen) atoms. The van der Waals surface area contributed by atoms with E-state index < -0.39 is 17.1 Å². The van der Waals surface area contributed by atoms with E-state index in [2.05, 4.69) is 5.16 Å². The summed E-state index contributed by atoms with van der Waals surface area (Å²) >= 11 is 0. The second kappa shape index (κ2) is 9.10. The minimum atomic E-state index is -0.610. The van der Waals surface area contributed by atoms with Crippen molar-refractivity contribution in [2.24, 2.45) is 17.6 Å². The summed E-state index contributed by atoms with van der Waals surface area (Å²) in [4.78, 5) is 27.4. The molecule has 8 heteroatoms. The van der Waals surface area contributed by atoms with E-state index in [0.717, 1.165) is 10.9 Å². The van der Waals surface area contributed by atoms with Crippen LogP contribution in [0.3, 0.4) is 0 Å². The summed E-state index contributed by atoms with van der Waals surface area (Å²) in [5.41, 5.74) is 6.84. The SMILES string of the molecule is CC(C)(C)OC(=O)[C@@H](Cc1noc2cc(CN)ccc12)[C@H]1CCN(C(=O)OC(C)(C)C)C1. The topological polar surface area (TPSA) is 108 Å². The molecule has 0 radical (unpaired) electrons. The maximum absolute atomic E-state index is 13.2. The molecule has 2 heterocycles. The third-order valence-electron chi connectivity index (χ3n) is 5.42. The molecule has 176 valence electrons. The lowest BCUT2D eigenvalue weighted by Gasteiger charge is -2.27. The monoisotopic (exact) mass is 445 g/mol. The number of aromatic nitrogens is 1. The van der Waals surface area contributed by atoms with E-state index in [1.807, 2.05) is 59.7 Å². The molecule has 1 aromatic heterocycles. The van der Waals surface area contributed by atoms with Gasteiger partial charge in [-0.2, -0.15) is 0 Å². The molecular weight excluding hydrogens is 410 g/mol. The minimum Gasteiger partial charge on any atom is -0.460 e. The van der Waals surface area contributed by atoms with Gasteiger partial charge in [-0.15, -0.1) is 0 Å². The minimum absolute atomic E-state index is 0.0626. The molecule has 2 N–H and O–H groups in total. The van der Waals surface area contributed by atoms with Gasteiger partial charge in [-0.3, -0.25) is 4.79 Å². The first-order chi connectivity index (χ1) is 14.9. The number of nitrogens with zero attached hydrogens (tertiary/aromatic N) is 2. The number of amides is 1. The zero-order chi connectivity index (χ0) is 23.7. The first kappa shape index (κ1) is 24.0. The van der Waals surface area contributed by atoms with Crippen LogP contribution in [0.25, 0.3) is 11.0 Å². The van der Waals surface area contributed by atoms with Crippen LogP contribution in [0.4, 0.5) is 4.79 Å². The van der Waals surface area contributed by atoms with Crippen molar-refractivity contribution < 1.29 is 23.6 Å². The fraction of sp³-hybridized carbons (Fsp3) is 0.625. The first-order valence-corrected chi connectivity index (χ1v) is 11.1. The molecule has 0 saturated carbocycles. The zero-order valence-corrected chi connectivity index (χ0v) is 19.9. The Labute approximate surface area is 189 Å². The van der Waals surface area contributed by atoms with Gasteiger partial charge in [0.1, 0.15) is 11.2 Å². The van der Waals surface area contributed by atoms with E-state index >= 15 is 0 Å². The predicted octanol–water partition coefficient (Wildman–Crippen LogP) is 4.04. The second-order valence-corrected chi connectivity index (χ2v) is 10.5. The van der Waals surface area contributed by atoms with Crippen molar-refractivity contribution in [2.75, 3.05) is 13.1 Å². The fourth-order valence-electron chi connectivity index (χ4n) is 3.94. The average Bonchev–Trinajstić information content (AvgIpc) is 3.30. The number of hydrogen-bond donors (Lipinski definition) is 1. The third kappa shape index (κ3) is 6.00. The molecule has 1 amide bonds. The maximum atomic E-state index is 13.2. The van der Waals surface area contributed by atoms with Crippen LogP contribution in [-0.2, 0) is 27.2 Å². The van der Waals surface area contributed by atoms with Crippen LogP contribution in [0, 0.1) is 11.8 Å². The highest BCUT2D eigenvalue weighted by Crippen LogP contribution is 2.32. The summed E-state index contributed by atoms with van der Waals surface area (Å²) in [6.45, 7) is 12.5. The molecule has 0 spiro atoms. The normalized spacial score (nSPS) is 18.1. The number of carbonyl (C=O) groups excluding carboxylic acids is 2. The number of likely N-dealkylation sites (tertiary alicyclic amines) is 1. The van der Waals surface area contributed by atoms with Crippen LogP contribution < -0.4 is 5.73 Å². The molecule has 0 unspecified atom stereocenters. The van der Waals surface area contributed by atoms with Gasteiger partial charge in [-0.1, -0.05) is 11.2 Å². The van der Waals surface area contributed by atoms with E-state index in [0.29, 0.717) is 43.8 Å². The number of esters is 1. The lowest BCUT2D eigenvalue weighted by Crippen LogP contribution is -2.38. The summed E-state index contributed by atoms with van der Waals surface area (Å²) in [5.74, 6) is -0.806. The molecule has 2 atom stereocenters. The summed E-state index contributed by atoms with van der Waals surface area (Å²) in [6.07, 6.45) is 0.705. The number of rotatable bonds is 5. The molecule has 0 aliphatic carbocycles. The standard InChI is InChI=1S/C24H35N3O5/c1-23(2,3)30-21(28)18(16-9-10-27(14-16)22(29)31-24(4,5)6)12-19-17-8-7-15(13-25)11-20(17)32-26-19/h7-8,11,16,18H,9-10,12-14,25H2,1-6H3/t16-,18-/m0/s1. The number of fused-ring (bicyclic) bond motifs is 1. The van der Waals surface area contributed by atoms with Crippen LogP contribution in [0.2, 0.25) is 0 Å². The van der Waals surface area contributed by atoms with E-state index in [9.17, 15) is 9.59 Å². The molecule has 8 nitrogen and oxygen atoms in total. The Balaban J connectivity index is 1.82. The Hall–Kier alpha value is -2.61. The molecule has 1 aromatic carbocycles. The van der Waals surface area contributed by atoms with Crippen molar-refractivity contribution in [3.8, 4) is 0 Å². The molecule has 1 saturated heterocycles. The van der Waals surface area contributed by atoms with E-state index in [1.54, 1.807) is 4.90 Å². The van der Waals surface area contributed by atoms with Crippen molar-refractivity contribution in [1.82, 2.24) is 10.1 Å². The van der Waals surface area contributed by atoms with E-state index in [-0.39, 0.29) is 18.0 Å². The molecule has 1 fully saturated rings. The van der Waals surface area contributed by atoms with E-state index in [4.69, 9.17) is 19.7 Å². The van der Waals surface area contributed by atoms with Crippen molar-refractivity contribution in [1.29, 1.82) is 0 Å². The van der Waals surface area contributed by atoms with Crippen LogP contribution in [0.15, 0.2) is 22.7 Å². The summed E-state index contributed by atoms with van der Waals surface area (Å²) in [5, 5.41) is 5.09. The smallest absolute Gasteiger partial charge is 0.410 e. The lowest BCUT2D eigenvalue weighted by molar-refractivity contribution is -0.162. The van der Waals surface area contributed by atoms with E-state index in [1.165, 1.54) is 0 Å². The Morgan fingerprint density at radius 1 is 1.19 bits per heavy atom. The number of ether oxygens (including phenoxy) is 2. The van der Waals surface area contributed by atoms with Gasteiger partial charge in [-0.05, 0) is 71.6 Å². The molecule has 0 bridgehead atoms. The largest absolute Gasteiger partial charge is 0.460 e. The average molecular weight is 446 g/mol. The Bertz CT molecular complexity index is 970. The Morgan fingerprint density at radius 2 is 1.88 bits per heavy atom. The van der Waals surface area contributed by atoms with Crippen molar-refractivity contribution in [3.05, 3.63) is 29.5 Å². The van der Waals surface area contributed by atoms with Crippen LogP contribution in [-0.4, -0.2) is 46.4 Å². The first-order valence-electron chi connectivity index (χ1n) is 11.1. The van der Waals surface area contributed by atoms with Crippen molar-refractivity contribution in [3.63, 3.8) is 0 Å². The van der Waals surface area contributed by atoms with Gasteiger partial charge in [0.2, 0.25) is 0 Å². The molecule has 2 aromatic rings. The van der Waals surface area contributed by atoms with Crippen LogP contribution in [0.1, 0.15) is 59.2 Å². The second-order valence-electron chi connectivity index (χ2n) is 10.5. The Kier molecular flexibility index (Phi) is 6.83. The van der Waals surface area contributed by atoms with Gasteiger partial charge in [0.05, 0.1) is 11.6 Å². The molecule has 1 aliphatic heterocycles. The quantitative estimate of drug-likeness (QED) is 0.692. The molecule has 3 rings (SSSR count). The maximum Gasteiger partial charge on any atom is 0.410 e. The van der Waals surface area contributed by atoms with Gasteiger partial charge < -0.3 is 24.6 Å². The van der Waals surface area contributed by atoms with Crippen molar-refractivity contribution in [2.45, 2.75) is 72.1 Å². The van der Waals surface area contributed by atoms with Gasteiger partial charge in [0.25, 0.3) is 0 Å². The highest BCUT2D eigenvalue weighted by molar-refractivity contribution is 5.81. The summed E-state index contributed by atoms with van der Waals surface area (Å²) < 4.78 is 16.8. The highest BCUT2D eigenvalue weighted by Gasteiger charge is 2.39. The highest BCUT2D eigenvalue weighted by atomic mass is 16.6. The van der Waals surface area contributed by atoms with Crippen LogP contribution in [0.5, 0.6) is 0 Å². The number of nitrogens with two attached hydrogens (primary N) is 1. The third-order valence-corrected chi connectivity index (χ3v) is 5.42. The number of carbonyl (C=O) groups is 2. The zero-order valence-electron chi connectivity index (χ0n) is 19.9. The van der Waals surface area contributed by atoms with Gasteiger partial charge in [0.15, 0.2) is 5.58 Å². The molecule has 1 aliphatic rings. The van der Waals surface area contributed by atoms with Gasteiger partial charge >= 0.3 is 12.1 Å². The lowest BCUT2D eigenvalue weighted by atomic mass is 9.86. The molecular formula is C24H35N3O5. The summed E-state index contributed by atoms with van der Waals surface area (Å²) in [7, 11) is 0. The fourth-order valence-corrected chi connectivity index (χ4v) is 3.94. The van der Waals surface area contributed by atoms with Crippen molar-refractivity contribution >= 4 is 23.0 Å². The van der Waals surface area contributed by atoms with Crippen LogP contribution >= 0.6 is 0 Å².